The van der Waals surface area contributed by atoms with Crippen LogP contribution in [0.15, 0.2) is 41.6 Å². The minimum atomic E-state index is -3.78. The number of carbonyl (C=O) groups excluding carboxylic acids is 1. The summed E-state index contributed by atoms with van der Waals surface area (Å²) in [6.45, 7) is 2.84. The molecule has 1 fully saturated rings. The number of ether oxygens (including phenoxy) is 1. The molecule has 0 atom stereocenters. The summed E-state index contributed by atoms with van der Waals surface area (Å²) in [7, 11) is -0.591. The number of carbonyl (C=O) groups is 1. The highest BCUT2D eigenvalue weighted by Crippen LogP contribution is 2.22. The molecule has 1 aromatic heterocycles. The number of imidazole rings is 1. The highest BCUT2D eigenvalue weighted by Gasteiger charge is 2.30. The fraction of sp³-hybridized carbons (Fsp3) is 0.444. The zero-order valence-corrected chi connectivity index (χ0v) is 16.4. The van der Waals surface area contributed by atoms with Crippen LogP contribution in [0.5, 0.6) is 0 Å². The Morgan fingerprint density at radius 1 is 1.19 bits per heavy atom. The van der Waals surface area contributed by atoms with Gasteiger partial charge in [-0.05, 0) is 25.1 Å². The molecule has 9 heteroatoms. The Hall–Kier alpha value is -2.23. The molecule has 0 N–H and O–H groups in total. The van der Waals surface area contributed by atoms with E-state index in [9.17, 15) is 13.2 Å². The van der Waals surface area contributed by atoms with E-state index >= 15 is 0 Å². The molecule has 0 unspecified atom stereocenters. The van der Waals surface area contributed by atoms with E-state index in [1.807, 2.05) is 17.8 Å². The average molecular weight is 392 g/mol. The van der Waals surface area contributed by atoms with E-state index in [0.29, 0.717) is 32.6 Å². The molecule has 146 valence electrons. The second-order valence-electron chi connectivity index (χ2n) is 6.48. The molecule has 0 aliphatic carbocycles. The number of hydrogen-bond donors (Lipinski definition) is 0. The first kappa shape index (κ1) is 19.5. The molecular weight excluding hydrogens is 368 g/mol. The second kappa shape index (κ2) is 8.20. The molecule has 0 amide bonds. The van der Waals surface area contributed by atoms with Crippen LogP contribution in [0.4, 0.5) is 0 Å². The predicted octanol–water partition coefficient (Wildman–Crippen LogP) is 1.10. The van der Waals surface area contributed by atoms with Gasteiger partial charge in [0.15, 0.2) is 0 Å². The number of sulfonamides is 1. The predicted molar refractivity (Wildman–Crippen MR) is 99.6 cm³/mol. The maximum atomic E-state index is 13.1. The minimum absolute atomic E-state index is 0.00518. The Kier molecular flexibility index (Phi) is 5.93. The van der Waals surface area contributed by atoms with Crippen molar-refractivity contribution in [3.05, 3.63) is 48.0 Å². The molecule has 1 saturated heterocycles. The lowest BCUT2D eigenvalue weighted by atomic mass is 10.2. The van der Waals surface area contributed by atoms with Gasteiger partial charge >= 0.3 is 5.97 Å². The topological polar surface area (TPSA) is 84.7 Å². The standard InChI is InChI=1S/C18H24N4O4S/c1-20-11-8-19-17(20)14-21-9-5-10-22(13-12-21)27(24,25)16-7-4-3-6-15(16)18(23)26-2/h3-4,6-8,11H,5,9-10,12-14H2,1-2H3. The van der Waals surface area contributed by atoms with E-state index < -0.39 is 16.0 Å². The summed E-state index contributed by atoms with van der Waals surface area (Å²) in [4.78, 5) is 18.5. The van der Waals surface area contributed by atoms with Crippen LogP contribution in [-0.4, -0.2) is 66.4 Å². The summed E-state index contributed by atoms with van der Waals surface area (Å²) in [6.07, 6.45) is 4.37. The van der Waals surface area contributed by atoms with Gasteiger partial charge in [-0.15, -0.1) is 0 Å². The number of benzene rings is 1. The maximum Gasteiger partial charge on any atom is 0.339 e. The van der Waals surface area contributed by atoms with Crippen LogP contribution in [0.2, 0.25) is 0 Å². The van der Waals surface area contributed by atoms with Gasteiger partial charge in [0, 0.05) is 39.1 Å². The summed E-state index contributed by atoms with van der Waals surface area (Å²) >= 11 is 0. The van der Waals surface area contributed by atoms with Gasteiger partial charge in [0.2, 0.25) is 10.0 Å². The van der Waals surface area contributed by atoms with Crippen molar-refractivity contribution in [2.45, 2.75) is 17.9 Å². The summed E-state index contributed by atoms with van der Waals surface area (Å²) < 4.78 is 34.4. The van der Waals surface area contributed by atoms with E-state index in [1.165, 1.54) is 23.5 Å². The molecular formula is C18H24N4O4S. The van der Waals surface area contributed by atoms with Gasteiger partial charge in [-0.3, -0.25) is 4.90 Å². The summed E-state index contributed by atoms with van der Waals surface area (Å²) in [5.74, 6) is 0.294. The third-order valence-corrected chi connectivity index (χ3v) is 6.70. The lowest BCUT2D eigenvalue weighted by molar-refractivity contribution is 0.0596. The SMILES string of the molecule is COC(=O)c1ccccc1S(=O)(=O)N1CCCN(Cc2nccn2C)CC1. The van der Waals surface area contributed by atoms with E-state index in [1.54, 1.807) is 18.3 Å². The molecule has 0 radical (unpaired) electrons. The van der Waals surface area contributed by atoms with Crippen molar-refractivity contribution in [2.24, 2.45) is 7.05 Å². The zero-order chi connectivity index (χ0) is 19.4. The lowest BCUT2D eigenvalue weighted by Crippen LogP contribution is -2.36. The lowest BCUT2D eigenvalue weighted by Gasteiger charge is -2.22. The number of esters is 1. The highest BCUT2D eigenvalue weighted by atomic mass is 32.2. The van der Waals surface area contributed by atoms with Gasteiger partial charge < -0.3 is 9.30 Å². The maximum absolute atomic E-state index is 13.1. The molecule has 1 aromatic carbocycles. The van der Waals surface area contributed by atoms with Crippen molar-refractivity contribution in [1.82, 2.24) is 18.8 Å². The van der Waals surface area contributed by atoms with Gasteiger partial charge in [-0.2, -0.15) is 4.31 Å². The smallest absolute Gasteiger partial charge is 0.339 e. The summed E-state index contributed by atoms with van der Waals surface area (Å²) in [5, 5.41) is 0. The van der Waals surface area contributed by atoms with E-state index in [-0.39, 0.29) is 10.5 Å². The van der Waals surface area contributed by atoms with E-state index in [4.69, 9.17) is 4.74 Å². The highest BCUT2D eigenvalue weighted by molar-refractivity contribution is 7.89. The van der Waals surface area contributed by atoms with Crippen LogP contribution in [0, 0.1) is 0 Å². The van der Waals surface area contributed by atoms with E-state index in [2.05, 4.69) is 9.88 Å². The Bertz CT molecular complexity index is 910. The molecule has 1 aliphatic rings. The third kappa shape index (κ3) is 4.20. The Morgan fingerprint density at radius 2 is 1.96 bits per heavy atom. The van der Waals surface area contributed by atoms with Crippen LogP contribution in [0.1, 0.15) is 22.6 Å². The summed E-state index contributed by atoms with van der Waals surface area (Å²) in [5.41, 5.74) is 0.0640. The van der Waals surface area contributed by atoms with Crippen molar-refractivity contribution in [1.29, 1.82) is 0 Å². The van der Waals surface area contributed by atoms with Gasteiger partial charge in [-0.1, -0.05) is 12.1 Å². The van der Waals surface area contributed by atoms with Crippen LogP contribution >= 0.6 is 0 Å². The first-order chi connectivity index (χ1) is 12.9. The fourth-order valence-corrected chi connectivity index (χ4v) is 4.85. The number of aryl methyl sites for hydroxylation is 1. The Morgan fingerprint density at radius 3 is 2.67 bits per heavy atom. The molecule has 0 bridgehead atoms. The molecule has 0 saturated carbocycles. The third-order valence-electron chi connectivity index (χ3n) is 4.74. The zero-order valence-electron chi connectivity index (χ0n) is 15.5. The van der Waals surface area contributed by atoms with Crippen LogP contribution in [-0.2, 0) is 28.4 Å². The minimum Gasteiger partial charge on any atom is -0.465 e. The molecule has 2 aromatic rings. The van der Waals surface area contributed by atoms with Crippen LogP contribution in [0.25, 0.3) is 0 Å². The van der Waals surface area contributed by atoms with Crippen molar-refractivity contribution < 1.29 is 17.9 Å². The van der Waals surface area contributed by atoms with Crippen molar-refractivity contribution in [2.75, 3.05) is 33.3 Å². The van der Waals surface area contributed by atoms with Gasteiger partial charge in [0.1, 0.15) is 5.82 Å². The first-order valence-corrected chi connectivity index (χ1v) is 10.2. The van der Waals surface area contributed by atoms with Gasteiger partial charge in [0.25, 0.3) is 0 Å². The monoisotopic (exact) mass is 392 g/mol. The molecule has 1 aliphatic heterocycles. The first-order valence-electron chi connectivity index (χ1n) is 8.79. The quantitative estimate of drug-likeness (QED) is 0.709. The number of aromatic nitrogens is 2. The normalized spacial score (nSPS) is 16.8. The van der Waals surface area contributed by atoms with Crippen LogP contribution in [0.3, 0.4) is 0 Å². The second-order valence-corrected chi connectivity index (χ2v) is 8.38. The van der Waals surface area contributed by atoms with Crippen LogP contribution < -0.4 is 0 Å². The fourth-order valence-electron chi connectivity index (χ4n) is 3.20. The number of methoxy groups -OCH3 is 1. The Labute approximate surface area is 159 Å². The molecule has 2 heterocycles. The molecule has 8 nitrogen and oxygen atoms in total. The number of hydrogen-bond acceptors (Lipinski definition) is 6. The molecule has 3 rings (SSSR count). The number of nitrogens with zero attached hydrogens (tertiary/aromatic N) is 4. The molecule has 0 spiro atoms. The molecule has 27 heavy (non-hydrogen) atoms. The van der Waals surface area contributed by atoms with Crippen molar-refractivity contribution in [3.63, 3.8) is 0 Å². The van der Waals surface area contributed by atoms with Gasteiger partial charge in [0.05, 0.1) is 24.1 Å². The largest absolute Gasteiger partial charge is 0.465 e. The van der Waals surface area contributed by atoms with Gasteiger partial charge in [-0.25, -0.2) is 18.2 Å². The van der Waals surface area contributed by atoms with Crippen molar-refractivity contribution >= 4 is 16.0 Å². The van der Waals surface area contributed by atoms with E-state index in [0.717, 1.165) is 12.4 Å². The Balaban J connectivity index is 1.77. The number of rotatable bonds is 5. The van der Waals surface area contributed by atoms with Crippen molar-refractivity contribution in [3.8, 4) is 0 Å². The average Bonchev–Trinajstić information content (AvgIpc) is 2.92. The summed E-state index contributed by atoms with van der Waals surface area (Å²) in [6, 6.07) is 6.18.